The molecule has 0 unspecified atom stereocenters. The fourth-order valence-corrected chi connectivity index (χ4v) is 6.14. The molecule has 2 fully saturated rings. The van der Waals surface area contributed by atoms with Crippen LogP contribution in [0.5, 0.6) is 5.75 Å². The average molecular weight is 593 g/mol. The Bertz CT molecular complexity index is 1660. The van der Waals surface area contributed by atoms with Gasteiger partial charge in [-0.2, -0.15) is 13.2 Å². The minimum atomic E-state index is -4.47. The van der Waals surface area contributed by atoms with Gasteiger partial charge >= 0.3 is 6.18 Å². The van der Waals surface area contributed by atoms with Crippen molar-refractivity contribution in [3.63, 3.8) is 0 Å². The number of halogens is 3. The van der Waals surface area contributed by atoms with Crippen LogP contribution in [0.1, 0.15) is 27.4 Å². The van der Waals surface area contributed by atoms with Gasteiger partial charge in [0, 0.05) is 56.9 Å². The Balaban J connectivity index is 1.01. The topological polar surface area (TPSA) is 76.0 Å². The molecule has 0 atom stereocenters. The normalized spacial score (nSPS) is 17.5. The zero-order valence-electron chi connectivity index (χ0n) is 23.5. The number of piperazine rings is 1. The summed E-state index contributed by atoms with van der Waals surface area (Å²) in [6.45, 7) is 6.50. The van der Waals surface area contributed by atoms with Crippen molar-refractivity contribution in [1.29, 1.82) is 0 Å². The number of morpholine rings is 1. The van der Waals surface area contributed by atoms with Gasteiger partial charge in [-0.15, -0.1) is 0 Å². The van der Waals surface area contributed by atoms with Crippen LogP contribution in [0.25, 0.3) is 16.6 Å². The summed E-state index contributed by atoms with van der Waals surface area (Å²) in [5, 5.41) is 0.727. The molecule has 0 N–H and O–H groups in total. The van der Waals surface area contributed by atoms with Crippen LogP contribution in [-0.2, 0) is 23.9 Å². The molecule has 5 heterocycles. The van der Waals surface area contributed by atoms with Crippen molar-refractivity contribution in [2.75, 3.05) is 63.9 Å². The van der Waals surface area contributed by atoms with E-state index in [9.17, 15) is 18.0 Å². The predicted molar refractivity (Wildman–Crippen MR) is 154 cm³/mol. The predicted octanol–water partition coefficient (Wildman–Crippen LogP) is 4.17. The van der Waals surface area contributed by atoms with Gasteiger partial charge in [0.15, 0.2) is 5.69 Å². The largest absolute Gasteiger partial charge is 0.485 e. The number of carbonyl (C=O) groups is 1. The van der Waals surface area contributed by atoms with E-state index in [1.807, 2.05) is 22.8 Å². The SMILES string of the molecule is O=C(c1ncn2c1COc1c(CCN3CCN(c4cccc5nc(C(F)(F)F)ccc45)CC3)cccc1-2)N1CCOCC1. The Morgan fingerprint density at radius 2 is 1.67 bits per heavy atom. The minimum absolute atomic E-state index is 0.0924. The highest BCUT2D eigenvalue weighted by atomic mass is 19.4. The van der Waals surface area contributed by atoms with Crippen molar-refractivity contribution in [3.8, 4) is 11.4 Å². The van der Waals surface area contributed by atoms with Gasteiger partial charge in [-0.25, -0.2) is 9.97 Å². The lowest BCUT2D eigenvalue weighted by molar-refractivity contribution is -0.140. The standard InChI is InChI=1S/C31H31F3N6O3/c32-31(33,34)27-8-7-22-23(36-27)4-2-5-24(22)38-13-11-37(12-14-38)10-9-21-3-1-6-25-29(21)43-19-26-28(35-20-40(25)26)30(41)39-15-17-42-18-16-39/h1-8,20H,9-19H2. The first-order chi connectivity index (χ1) is 20.9. The molecule has 9 nitrogen and oxygen atoms in total. The van der Waals surface area contributed by atoms with Gasteiger partial charge in [-0.05, 0) is 42.3 Å². The fourth-order valence-electron chi connectivity index (χ4n) is 6.14. The number of benzene rings is 2. The molecule has 2 aromatic heterocycles. The molecule has 0 radical (unpaired) electrons. The van der Waals surface area contributed by atoms with Crippen molar-refractivity contribution in [1.82, 2.24) is 24.3 Å². The lowest BCUT2D eigenvalue weighted by Crippen LogP contribution is -2.47. The number of imidazole rings is 1. The van der Waals surface area contributed by atoms with Gasteiger partial charge in [-0.1, -0.05) is 18.2 Å². The molecule has 224 valence electrons. The molecule has 7 rings (SSSR count). The number of rotatable bonds is 5. The second kappa shape index (κ2) is 11.2. The maximum atomic E-state index is 13.2. The fraction of sp³-hybridized carbons (Fsp3) is 0.387. The number of ether oxygens (including phenoxy) is 2. The minimum Gasteiger partial charge on any atom is -0.485 e. The van der Waals surface area contributed by atoms with Gasteiger partial charge in [0.1, 0.15) is 24.4 Å². The van der Waals surface area contributed by atoms with Crippen molar-refractivity contribution in [2.45, 2.75) is 19.2 Å². The van der Waals surface area contributed by atoms with E-state index < -0.39 is 11.9 Å². The Labute approximate surface area is 246 Å². The highest BCUT2D eigenvalue weighted by Gasteiger charge is 2.33. The third kappa shape index (κ3) is 5.29. The molecule has 2 aromatic carbocycles. The second-order valence-electron chi connectivity index (χ2n) is 11.0. The molecule has 0 spiro atoms. The number of nitrogens with zero attached hydrogens (tertiary/aromatic N) is 6. The molecule has 1 amide bonds. The monoisotopic (exact) mass is 592 g/mol. The highest BCUT2D eigenvalue weighted by molar-refractivity contribution is 5.94. The van der Waals surface area contributed by atoms with E-state index in [1.54, 1.807) is 23.4 Å². The van der Waals surface area contributed by atoms with Gasteiger partial charge in [0.25, 0.3) is 5.91 Å². The molecule has 0 bridgehead atoms. The van der Waals surface area contributed by atoms with Gasteiger partial charge in [0.2, 0.25) is 0 Å². The summed E-state index contributed by atoms with van der Waals surface area (Å²) in [5.41, 5.74) is 3.55. The lowest BCUT2D eigenvalue weighted by Gasteiger charge is -2.36. The third-order valence-electron chi connectivity index (χ3n) is 8.47. The van der Waals surface area contributed by atoms with Gasteiger partial charge in [-0.3, -0.25) is 14.3 Å². The second-order valence-corrected chi connectivity index (χ2v) is 11.0. The summed E-state index contributed by atoms with van der Waals surface area (Å²) in [7, 11) is 0. The van der Waals surface area contributed by atoms with Crippen LogP contribution in [0, 0.1) is 0 Å². The summed E-state index contributed by atoms with van der Waals surface area (Å²) >= 11 is 0. The van der Waals surface area contributed by atoms with E-state index in [0.717, 1.165) is 79.0 Å². The summed E-state index contributed by atoms with van der Waals surface area (Å²) in [5.74, 6) is 0.725. The van der Waals surface area contributed by atoms with E-state index in [4.69, 9.17) is 9.47 Å². The number of aromatic nitrogens is 3. The Morgan fingerprint density at radius 1 is 0.907 bits per heavy atom. The van der Waals surface area contributed by atoms with Gasteiger partial charge < -0.3 is 19.3 Å². The molecule has 0 saturated carbocycles. The zero-order valence-corrected chi connectivity index (χ0v) is 23.5. The molecule has 43 heavy (non-hydrogen) atoms. The summed E-state index contributed by atoms with van der Waals surface area (Å²) in [4.78, 5) is 27.8. The molecule has 2 saturated heterocycles. The van der Waals surface area contributed by atoms with Crippen LogP contribution in [-0.4, -0.2) is 89.3 Å². The third-order valence-corrected chi connectivity index (χ3v) is 8.47. The van der Waals surface area contributed by atoms with Crippen LogP contribution in [0.15, 0.2) is 54.9 Å². The lowest BCUT2D eigenvalue weighted by atomic mass is 10.1. The number of hydrogen-bond acceptors (Lipinski definition) is 7. The van der Waals surface area contributed by atoms with Gasteiger partial charge in [0.05, 0.1) is 30.1 Å². The van der Waals surface area contributed by atoms with Crippen molar-refractivity contribution >= 4 is 22.5 Å². The van der Waals surface area contributed by atoms with E-state index in [1.165, 1.54) is 6.07 Å². The quantitative estimate of drug-likeness (QED) is 0.345. The van der Waals surface area contributed by atoms with E-state index >= 15 is 0 Å². The maximum absolute atomic E-state index is 13.2. The number of anilines is 1. The first-order valence-electron chi connectivity index (χ1n) is 14.5. The number of amides is 1. The van der Waals surface area contributed by atoms with Crippen molar-refractivity contribution in [2.24, 2.45) is 0 Å². The van der Waals surface area contributed by atoms with Crippen LogP contribution < -0.4 is 9.64 Å². The van der Waals surface area contributed by atoms with Crippen LogP contribution in [0.2, 0.25) is 0 Å². The highest BCUT2D eigenvalue weighted by Crippen LogP contribution is 2.35. The first kappa shape index (κ1) is 27.7. The maximum Gasteiger partial charge on any atom is 0.433 e. The van der Waals surface area contributed by atoms with Crippen LogP contribution in [0.4, 0.5) is 18.9 Å². The number of carbonyl (C=O) groups excluding carboxylic acids is 1. The number of pyridine rings is 1. The molecule has 0 aliphatic carbocycles. The van der Waals surface area contributed by atoms with Crippen molar-refractivity contribution < 1.29 is 27.4 Å². The Morgan fingerprint density at radius 3 is 2.47 bits per heavy atom. The number of para-hydroxylation sites is 1. The smallest absolute Gasteiger partial charge is 0.433 e. The van der Waals surface area contributed by atoms with Crippen molar-refractivity contribution in [3.05, 3.63) is 77.5 Å². The summed E-state index contributed by atoms with van der Waals surface area (Å²) in [6.07, 6.45) is -1.96. The zero-order chi connectivity index (χ0) is 29.6. The molecule has 4 aromatic rings. The van der Waals surface area contributed by atoms with E-state index in [0.29, 0.717) is 37.5 Å². The summed E-state index contributed by atoms with van der Waals surface area (Å²) in [6, 6.07) is 14.0. The first-order valence-corrected chi connectivity index (χ1v) is 14.5. The molecule has 12 heteroatoms. The van der Waals surface area contributed by atoms with E-state index in [2.05, 4.69) is 25.8 Å². The molecular formula is C31H31F3N6O3. The number of alkyl halides is 3. The van der Waals surface area contributed by atoms with E-state index in [-0.39, 0.29) is 12.5 Å². The van der Waals surface area contributed by atoms with Crippen LogP contribution >= 0.6 is 0 Å². The molecule has 3 aliphatic rings. The number of hydrogen-bond donors (Lipinski definition) is 0. The number of fused-ring (bicyclic) bond motifs is 4. The Kier molecular flexibility index (Phi) is 7.18. The van der Waals surface area contributed by atoms with Crippen LogP contribution in [0.3, 0.4) is 0 Å². The molecular weight excluding hydrogens is 561 g/mol. The summed E-state index contributed by atoms with van der Waals surface area (Å²) < 4.78 is 53.0. The Hall–Kier alpha value is -4.16. The average Bonchev–Trinajstić information content (AvgIpc) is 3.48. The molecule has 3 aliphatic heterocycles.